The first-order valence-corrected chi connectivity index (χ1v) is 9.33. The number of carbonyl (C=O) groups excluding carboxylic acids is 1. The first-order valence-electron chi connectivity index (χ1n) is 9.33. The van der Waals surface area contributed by atoms with Gasteiger partial charge in [-0.1, -0.05) is 62.4 Å². The van der Waals surface area contributed by atoms with E-state index in [1.807, 2.05) is 6.07 Å². The summed E-state index contributed by atoms with van der Waals surface area (Å²) in [5, 5.41) is 0. The zero-order valence-corrected chi connectivity index (χ0v) is 15.3. The van der Waals surface area contributed by atoms with E-state index < -0.39 is 0 Å². The van der Waals surface area contributed by atoms with Crippen LogP contribution >= 0.6 is 12.4 Å². The van der Waals surface area contributed by atoms with Crippen molar-refractivity contribution in [2.75, 3.05) is 19.6 Å². The summed E-state index contributed by atoms with van der Waals surface area (Å²) in [7, 11) is 0. The third-order valence-electron chi connectivity index (χ3n) is 5.74. The molecule has 1 heterocycles. The molecule has 1 saturated heterocycles. The fourth-order valence-electron chi connectivity index (χ4n) is 4.33. The van der Waals surface area contributed by atoms with Gasteiger partial charge in [0, 0.05) is 24.9 Å². The van der Waals surface area contributed by atoms with Crippen LogP contribution in [0.5, 0.6) is 0 Å². The molecule has 0 bridgehead atoms. The summed E-state index contributed by atoms with van der Waals surface area (Å²) in [5.41, 5.74) is 7.34. The molecule has 0 aromatic heterocycles. The van der Waals surface area contributed by atoms with Gasteiger partial charge < -0.3 is 10.6 Å². The number of rotatable bonds is 3. The van der Waals surface area contributed by atoms with Crippen LogP contribution in [0.3, 0.4) is 0 Å². The molecule has 4 heteroatoms. The minimum atomic E-state index is 0. The summed E-state index contributed by atoms with van der Waals surface area (Å²) in [6.07, 6.45) is 8.52. The van der Waals surface area contributed by atoms with Crippen LogP contribution in [0.2, 0.25) is 0 Å². The molecule has 0 radical (unpaired) electrons. The predicted molar refractivity (Wildman–Crippen MR) is 101 cm³/mol. The summed E-state index contributed by atoms with van der Waals surface area (Å²) in [5.74, 6) is 1.45. The Morgan fingerprint density at radius 3 is 2.25 bits per heavy atom. The summed E-state index contributed by atoms with van der Waals surface area (Å²) < 4.78 is 0. The van der Waals surface area contributed by atoms with Crippen LogP contribution in [0.25, 0.3) is 0 Å². The van der Waals surface area contributed by atoms with E-state index in [0.29, 0.717) is 24.3 Å². The summed E-state index contributed by atoms with van der Waals surface area (Å²) in [6.45, 7) is 2.35. The third kappa shape index (κ3) is 4.52. The Hall–Kier alpha value is -1.06. The SMILES string of the molecule is Cl.NC[C@@H]1CN(C(=O)C2CCCCCCC2)C[C@H]1c1ccccc1. The van der Waals surface area contributed by atoms with Crippen LogP contribution in [0.1, 0.15) is 56.4 Å². The van der Waals surface area contributed by atoms with Gasteiger partial charge in [-0.3, -0.25) is 4.79 Å². The number of halogens is 1. The fraction of sp³-hybridized carbons (Fsp3) is 0.650. The molecule has 3 nitrogen and oxygen atoms in total. The second-order valence-electron chi connectivity index (χ2n) is 7.30. The molecule has 2 N–H and O–H groups in total. The number of nitrogens with two attached hydrogens (primary N) is 1. The molecule has 0 unspecified atom stereocenters. The zero-order valence-electron chi connectivity index (χ0n) is 14.5. The molecule has 2 atom stereocenters. The number of nitrogens with zero attached hydrogens (tertiary/aromatic N) is 1. The van der Waals surface area contributed by atoms with Crippen LogP contribution in [0, 0.1) is 11.8 Å². The van der Waals surface area contributed by atoms with Gasteiger partial charge in [-0.05, 0) is 30.9 Å². The molecule has 1 amide bonds. The smallest absolute Gasteiger partial charge is 0.225 e. The topological polar surface area (TPSA) is 46.3 Å². The van der Waals surface area contributed by atoms with Gasteiger partial charge in [0.2, 0.25) is 5.91 Å². The summed E-state index contributed by atoms with van der Waals surface area (Å²) in [6, 6.07) is 10.6. The quantitative estimate of drug-likeness (QED) is 0.896. The summed E-state index contributed by atoms with van der Waals surface area (Å²) in [4.78, 5) is 15.1. The number of carbonyl (C=O) groups is 1. The van der Waals surface area contributed by atoms with Crippen LogP contribution in [0.4, 0.5) is 0 Å². The number of hydrogen-bond donors (Lipinski definition) is 1. The van der Waals surface area contributed by atoms with Crippen LogP contribution in [-0.2, 0) is 4.79 Å². The van der Waals surface area contributed by atoms with E-state index >= 15 is 0 Å². The van der Waals surface area contributed by atoms with E-state index in [0.717, 1.165) is 25.9 Å². The average molecular weight is 351 g/mol. The van der Waals surface area contributed by atoms with Gasteiger partial charge in [0.05, 0.1) is 0 Å². The Morgan fingerprint density at radius 2 is 1.62 bits per heavy atom. The number of hydrogen-bond acceptors (Lipinski definition) is 2. The maximum atomic E-state index is 13.0. The zero-order chi connectivity index (χ0) is 16.1. The standard InChI is InChI=1S/C20H30N2O.ClH/c21-13-18-14-22(15-19(18)16-9-7-4-8-10-16)20(23)17-11-5-2-1-3-6-12-17;/h4,7-10,17-19H,1-3,5-6,11-15,21H2;1H/t18-,19+;/m1./s1. The molecule has 134 valence electrons. The lowest BCUT2D eigenvalue weighted by Crippen LogP contribution is -2.35. The maximum absolute atomic E-state index is 13.0. The van der Waals surface area contributed by atoms with Crippen molar-refractivity contribution >= 4 is 18.3 Å². The van der Waals surface area contributed by atoms with Gasteiger partial charge in [0.15, 0.2) is 0 Å². The summed E-state index contributed by atoms with van der Waals surface area (Å²) >= 11 is 0. The molecular formula is C20H31ClN2O. The lowest BCUT2D eigenvalue weighted by molar-refractivity contribution is -0.135. The average Bonchev–Trinajstić information content (AvgIpc) is 2.99. The van der Waals surface area contributed by atoms with Crippen LogP contribution in [-0.4, -0.2) is 30.4 Å². The Labute approximate surface area is 152 Å². The molecule has 2 fully saturated rings. The second-order valence-corrected chi connectivity index (χ2v) is 7.30. The molecule has 24 heavy (non-hydrogen) atoms. The van der Waals surface area contributed by atoms with Gasteiger partial charge >= 0.3 is 0 Å². The van der Waals surface area contributed by atoms with Crippen LogP contribution < -0.4 is 5.73 Å². The monoisotopic (exact) mass is 350 g/mol. The van der Waals surface area contributed by atoms with Crippen molar-refractivity contribution in [3.05, 3.63) is 35.9 Å². The molecule has 3 rings (SSSR count). The minimum Gasteiger partial charge on any atom is -0.341 e. The number of likely N-dealkylation sites (tertiary alicyclic amines) is 1. The lowest BCUT2D eigenvalue weighted by Gasteiger charge is -2.25. The van der Waals surface area contributed by atoms with Crippen LogP contribution in [0.15, 0.2) is 30.3 Å². The van der Waals surface area contributed by atoms with Crippen molar-refractivity contribution < 1.29 is 4.79 Å². The van der Waals surface area contributed by atoms with Crippen molar-refractivity contribution in [3.63, 3.8) is 0 Å². The Bertz CT molecular complexity index is 500. The van der Waals surface area contributed by atoms with Crippen molar-refractivity contribution in [2.24, 2.45) is 17.6 Å². The Morgan fingerprint density at radius 1 is 1.00 bits per heavy atom. The van der Waals surface area contributed by atoms with E-state index in [9.17, 15) is 4.79 Å². The van der Waals surface area contributed by atoms with Crippen molar-refractivity contribution in [2.45, 2.75) is 50.9 Å². The molecule has 2 aliphatic rings. The molecule has 1 aromatic rings. The van der Waals surface area contributed by atoms with Gasteiger partial charge in [0.1, 0.15) is 0 Å². The lowest BCUT2D eigenvalue weighted by atomic mass is 9.89. The normalized spacial score (nSPS) is 25.6. The third-order valence-corrected chi connectivity index (χ3v) is 5.74. The number of benzene rings is 1. The first kappa shape index (κ1) is 19.3. The molecular weight excluding hydrogens is 320 g/mol. The van der Waals surface area contributed by atoms with Gasteiger partial charge in [-0.2, -0.15) is 0 Å². The van der Waals surface area contributed by atoms with E-state index in [-0.39, 0.29) is 18.3 Å². The van der Waals surface area contributed by atoms with E-state index in [2.05, 4.69) is 29.2 Å². The second kappa shape index (κ2) is 9.43. The molecule has 1 saturated carbocycles. The highest BCUT2D eigenvalue weighted by Crippen LogP contribution is 2.34. The fourth-order valence-corrected chi connectivity index (χ4v) is 4.33. The Balaban J connectivity index is 0.00000208. The van der Waals surface area contributed by atoms with Crippen molar-refractivity contribution in [3.8, 4) is 0 Å². The maximum Gasteiger partial charge on any atom is 0.225 e. The predicted octanol–water partition coefficient (Wildman–Crippen LogP) is 3.97. The number of amides is 1. The molecule has 1 aliphatic heterocycles. The molecule has 1 aromatic carbocycles. The highest BCUT2D eigenvalue weighted by Gasteiger charge is 2.37. The van der Waals surface area contributed by atoms with E-state index in [1.54, 1.807) is 0 Å². The highest BCUT2D eigenvalue weighted by molar-refractivity contribution is 5.85. The Kier molecular flexibility index (Phi) is 7.57. The first-order chi connectivity index (χ1) is 11.3. The molecule has 0 spiro atoms. The van der Waals surface area contributed by atoms with Gasteiger partial charge in [-0.25, -0.2) is 0 Å². The largest absolute Gasteiger partial charge is 0.341 e. The van der Waals surface area contributed by atoms with Crippen molar-refractivity contribution in [1.29, 1.82) is 0 Å². The molecule has 1 aliphatic carbocycles. The van der Waals surface area contributed by atoms with Crippen molar-refractivity contribution in [1.82, 2.24) is 4.90 Å². The minimum absolute atomic E-state index is 0. The van der Waals surface area contributed by atoms with Gasteiger partial charge in [0.25, 0.3) is 0 Å². The van der Waals surface area contributed by atoms with E-state index in [1.165, 1.54) is 37.7 Å². The van der Waals surface area contributed by atoms with E-state index in [4.69, 9.17) is 5.73 Å². The van der Waals surface area contributed by atoms with Gasteiger partial charge in [-0.15, -0.1) is 12.4 Å². The highest BCUT2D eigenvalue weighted by atomic mass is 35.5.